The van der Waals surface area contributed by atoms with E-state index in [0.29, 0.717) is 5.82 Å². The Labute approximate surface area is 323 Å². The molecule has 11 rings (SSSR count). The molecule has 262 valence electrons. The fourth-order valence-electron chi connectivity index (χ4n) is 8.06. The molecule has 3 aromatic heterocycles. The van der Waals surface area contributed by atoms with Gasteiger partial charge in [0.2, 0.25) is 0 Å². The lowest BCUT2D eigenvalue weighted by Crippen LogP contribution is -1.97. The van der Waals surface area contributed by atoms with Crippen molar-refractivity contribution >= 4 is 43.9 Å². The number of rotatable bonds is 6. The van der Waals surface area contributed by atoms with Crippen LogP contribution in [0.25, 0.3) is 111 Å². The Morgan fingerprint density at radius 3 is 1.39 bits per heavy atom. The van der Waals surface area contributed by atoms with Crippen LogP contribution in [0, 0.1) is 0 Å². The Balaban J connectivity index is 1.12. The number of benzene rings is 8. The highest BCUT2D eigenvalue weighted by Gasteiger charge is 2.18. The SMILES string of the molecule is c1ccc(-c2cc(-c3cc(-c4cccc(-c5cccc6oc7ccccc7c56)c4)nc(-c4ccccc4)n3)cc(-c3cccc4oc5ccccc5c34)c2)cc1. The molecule has 0 aliphatic heterocycles. The Hall–Kier alpha value is -7.56. The Morgan fingerprint density at radius 1 is 0.286 bits per heavy atom. The molecule has 4 heteroatoms. The minimum absolute atomic E-state index is 0.668. The molecule has 0 fully saturated rings. The van der Waals surface area contributed by atoms with Gasteiger partial charge in [-0.3, -0.25) is 0 Å². The second-order valence-electron chi connectivity index (χ2n) is 14.1. The summed E-state index contributed by atoms with van der Waals surface area (Å²) in [4.78, 5) is 10.5. The van der Waals surface area contributed by atoms with Crippen molar-refractivity contribution in [3.63, 3.8) is 0 Å². The Morgan fingerprint density at radius 2 is 0.732 bits per heavy atom. The molecule has 56 heavy (non-hydrogen) atoms. The summed E-state index contributed by atoms with van der Waals surface area (Å²) in [6, 6.07) is 67.4. The number of furan rings is 2. The molecule has 0 radical (unpaired) electrons. The molecule has 8 aromatic carbocycles. The molecule has 0 saturated carbocycles. The lowest BCUT2D eigenvalue weighted by Gasteiger charge is -2.14. The molecule has 4 nitrogen and oxygen atoms in total. The maximum absolute atomic E-state index is 6.33. The first kappa shape index (κ1) is 31.9. The van der Waals surface area contributed by atoms with Gasteiger partial charge < -0.3 is 8.83 Å². The molecule has 0 aliphatic rings. The maximum Gasteiger partial charge on any atom is 0.160 e. The Kier molecular flexibility index (Phi) is 7.46. The van der Waals surface area contributed by atoms with Crippen molar-refractivity contribution in [2.24, 2.45) is 0 Å². The van der Waals surface area contributed by atoms with Gasteiger partial charge in [0.25, 0.3) is 0 Å². The number of hydrogen-bond donors (Lipinski definition) is 0. The third-order valence-corrected chi connectivity index (χ3v) is 10.7. The van der Waals surface area contributed by atoms with Gasteiger partial charge in [0.05, 0.1) is 11.4 Å². The van der Waals surface area contributed by atoms with Gasteiger partial charge >= 0.3 is 0 Å². The zero-order valence-electron chi connectivity index (χ0n) is 30.2. The first-order valence-corrected chi connectivity index (χ1v) is 18.8. The molecule has 0 saturated heterocycles. The molecular weight excluding hydrogens is 685 g/mol. The predicted molar refractivity (Wildman–Crippen MR) is 229 cm³/mol. The van der Waals surface area contributed by atoms with Gasteiger partial charge in [0.1, 0.15) is 22.3 Å². The first-order valence-electron chi connectivity index (χ1n) is 18.8. The molecule has 0 spiro atoms. The fraction of sp³-hybridized carbons (Fsp3) is 0. The lowest BCUT2D eigenvalue weighted by molar-refractivity contribution is 0.668. The summed E-state index contributed by atoms with van der Waals surface area (Å²) in [6.07, 6.45) is 0. The van der Waals surface area contributed by atoms with E-state index in [-0.39, 0.29) is 0 Å². The van der Waals surface area contributed by atoms with Crippen LogP contribution in [0.2, 0.25) is 0 Å². The van der Waals surface area contributed by atoms with E-state index >= 15 is 0 Å². The van der Waals surface area contributed by atoms with Crippen LogP contribution in [0.1, 0.15) is 0 Å². The minimum Gasteiger partial charge on any atom is -0.456 e. The summed E-state index contributed by atoms with van der Waals surface area (Å²) in [5.74, 6) is 0.668. The molecule has 0 atom stereocenters. The van der Waals surface area contributed by atoms with Crippen LogP contribution in [0.15, 0.2) is 203 Å². The standard InChI is InChI=1S/C52H32N2O2/c1-3-14-33(15-4-1)37-29-38(41-23-13-27-49-51(41)43-21-8-10-25-47(43)56-49)31-39(30-37)45-32-44(53-52(54-45)34-16-5-2-6-17-34)36-19-11-18-35(28-36)40-22-12-26-48-50(40)42-20-7-9-24-46(42)55-48/h1-32H. The van der Waals surface area contributed by atoms with Gasteiger partial charge in [0.15, 0.2) is 5.82 Å². The molecule has 0 N–H and O–H groups in total. The summed E-state index contributed by atoms with van der Waals surface area (Å²) < 4.78 is 12.6. The van der Waals surface area contributed by atoms with Crippen molar-refractivity contribution in [3.05, 3.63) is 194 Å². The van der Waals surface area contributed by atoms with Gasteiger partial charge in [-0.1, -0.05) is 140 Å². The summed E-state index contributed by atoms with van der Waals surface area (Å²) in [6.45, 7) is 0. The van der Waals surface area contributed by atoms with Crippen molar-refractivity contribution in [2.45, 2.75) is 0 Å². The van der Waals surface area contributed by atoms with Crippen LogP contribution in [-0.2, 0) is 0 Å². The minimum atomic E-state index is 0.668. The van der Waals surface area contributed by atoms with Crippen molar-refractivity contribution < 1.29 is 8.83 Å². The van der Waals surface area contributed by atoms with Crippen LogP contribution >= 0.6 is 0 Å². The maximum atomic E-state index is 6.33. The second kappa shape index (κ2) is 13.1. The number of fused-ring (bicyclic) bond motifs is 6. The first-order chi connectivity index (χ1) is 27.7. The summed E-state index contributed by atoms with van der Waals surface area (Å²) in [7, 11) is 0. The molecule has 3 heterocycles. The topological polar surface area (TPSA) is 52.1 Å². The molecule has 0 amide bonds. The van der Waals surface area contributed by atoms with E-state index in [2.05, 4.69) is 140 Å². The third kappa shape index (κ3) is 5.47. The van der Waals surface area contributed by atoms with Crippen molar-refractivity contribution in [2.75, 3.05) is 0 Å². The van der Waals surface area contributed by atoms with Gasteiger partial charge in [-0.05, 0) is 88.0 Å². The average Bonchev–Trinajstić information content (AvgIpc) is 3.86. The van der Waals surface area contributed by atoms with Crippen molar-refractivity contribution in [1.29, 1.82) is 0 Å². The summed E-state index contributed by atoms with van der Waals surface area (Å²) >= 11 is 0. The molecular formula is C52H32N2O2. The number of para-hydroxylation sites is 2. The molecule has 0 bridgehead atoms. The van der Waals surface area contributed by atoms with Gasteiger partial charge in [0, 0.05) is 38.2 Å². The number of hydrogen-bond acceptors (Lipinski definition) is 4. The van der Waals surface area contributed by atoms with E-state index in [1.807, 2.05) is 54.6 Å². The zero-order chi connectivity index (χ0) is 37.0. The molecule has 11 aromatic rings. The highest BCUT2D eigenvalue weighted by atomic mass is 16.3. The molecule has 0 unspecified atom stereocenters. The fourth-order valence-corrected chi connectivity index (χ4v) is 8.06. The van der Waals surface area contributed by atoms with Gasteiger partial charge in [-0.25, -0.2) is 9.97 Å². The predicted octanol–water partition coefficient (Wildman–Crippen LogP) is 14.3. The highest BCUT2D eigenvalue weighted by molar-refractivity contribution is 6.13. The van der Waals surface area contributed by atoms with E-state index in [1.54, 1.807) is 0 Å². The quantitative estimate of drug-likeness (QED) is 0.172. The smallest absolute Gasteiger partial charge is 0.160 e. The van der Waals surface area contributed by atoms with Crippen LogP contribution in [-0.4, -0.2) is 9.97 Å². The van der Waals surface area contributed by atoms with E-state index in [1.165, 1.54) is 0 Å². The van der Waals surface area contributed by atoms with E-state index in [9.17, 15) is 0 Å². The second-order valence-corrected chi connectivity index (χ2v) is 14.1. The van der Waals surface area contributed by atoms with E-state index in [0.717, 1.165) is 105 Å². The Bertz CT molecular complexity index is 3250. The number of aromatic nitrogens is 2. The van der Waals surface area contributed by atoms with Gasteiger partial charge in [-0.2, -0.15) is 0 Å². The summed E-state index contributed by atoms with van der Waals surface area (Å²) in [5.41, 5.74) is 14.8. The highest BCUT2D eigenvalue weighted by Crippen LogP contribution is 2.41. The van der Waals surface area contributed by atoms with Crippen molar-refractivity contribution in [1.82, 2.24) is 9.97 Å². The third-order valence-electron chi connectivity index (χ3n) is 10.7. The van der Waals surface area contributed by atoms with Crippen LogP contribution in [0.4, 0.5) is 0 Å². The zero-order valence-corrected chi connectivity index (χ0v) is 30.2. The normalized spacial score (nSPS) is 11.6. The van der Waals surface area contributed by atoms with Crippen LogP contribution in [0.3, 0.4) is 0 Å². The molecule has 0 aliphatic carbocycles. The largest absolute Gasteiger partial charge is 0.456 e. The van der Waals surface area contributed by atoms with Crippen molar-refractivity contribution in [3.8, 4) is 67.3 Å². The van der Waals surface area contributed by atoms with Gasteiger partial charge in [-0.15, -0.1) is 0 Å². The van der Waals surface area contributed by atoms with E-state index in [4.69, 9.17) is 18.8 Å². The lowest BCUT2D eigenvalue weighted by atomic mass is 9.92. The monoisotopic (exact) mass is 716 g/mol. The van der Waals surface area contributed by atoms with E-state index < -0.39 is 0 Å². The summed E-state index contributed by atoms with van der Waals surface area (Å²) in [5, 5.41) is 4.41. The average molecular weight is 717 g/mol. The number of nitrogens with zero attached hydrogens (tertiary/aromatic N) is 2. The van der Waals surface area contributed by atoms with Crippen LogP contribution < -0.4 is 0 Å². The van der Waals surface area contributed by atoms with Crippen LogP contribution in [0.5, 0.6) is 0 Å².